The first-order valence-electron chi connectivity index (χ1n) is 9.21. The molecule has 4 saturated carbocycles. The Bertz CT molecular complexity index is 489. The highest BCUT2D eigenvalue weighted by Crippen LogP contribution is 2.65. The van der Waals surface area contributed by atoms with Gasteiger partial charge >= 0.3 is 0 Å². The molecule has 8 atom stereocenters. The number of fused-ring (bicyclic) bond motifs is 5. The lowest BCUT2D eigenvalue weighted by Gasteiger charge is -2.61. The summed E-state index contributed by atoms with van der Waals surface area (Å²) in [5.74, 6) is 2.34. The van der Waals surface area contributed by atoms with E-state index in [0.29, 0.717) is 35.9 Å². The lowest BCUT2D eigenvalue weighted by atomic mass is 9.44. The van der Waals surface area contributed by atoms with E-state index >= 15 is 0 Å². The summed E-state index contributed by atoms with van der Waals surface area (Å²) in [6.45, 7) is 4.63. The Morgan fingerprint density at radius 2 is 1.91 bits per heavy atom. The average molecular weight is 306 g/mol. The monoisotopic (exact) mass is 306 g/mol. The zero-order chi connectivity index (χ0) is 15.7. The Morgan fingerprint density at radius 3 is 2.68 bits per heavy atom. The lowest BCUT2D eigenvalue weighted by Crippen LogP contribution is -2.58. The molecule has 22 heavy (non-hydrogen) atoms. The Kier molecular flexibility index (Phi) is 3.30. The van der Waals surface area contributed by atoms with E-state index in [0.717, 1.165) is 44.9 Å². The van der Waals surface area contributed by atoms with Gasteiger partial charge in [-0.15, -0.1) is 0 Å². The molecule has 3 heteroatoms. The Balaban J connectivity index is 1.68. The van der Waals surface area contributed by atoms with Crippen LogP contribution in [0.4, 0.5) is 0 Å². The fourth-order valence-corrected chi connectivity index (χ4v) is 7.21. The van der Waals surface area contributed by atoms with Gasteiger partial charge in [-0.1, -0.05) is 13.8 Å². The molecule has 0 bridgehead atoms. The molecule has 0 radical (unpaired) electrons. The third-order valence-corrected chi connectivity index (χ3v) is 8.15. The molecule has 4 aliphatic rings. The maximum Gasteiger partial charge on any atom is 0.133 e. The maximum atomic E-state index is 11.9. The van der Waals surface area contributed by atoms with Crippen LogP contribution < -0.4 is 0 Å². The van der Waals surface area contributed by atoms with E-state index in [1.165, 1.54) is 0 Å². The van der Waals surface area contributed by atoms with Crippen molar-refractivity contribution in [1.29, 1.82) is 0 Å². The van der Waals surface area contributed by atoms with E-state index in [2.05, 4.69) is 13.8 Å². The predicted molar refractivity (Wildman–Crippen MR) is 84.1 cm³/mol. The summed E-state index contributed by atoms with van der Waals surface area (Å²) >= 11 is 0. The molecule has 4 fully saturated rings. The van der Waals surface area contributed by atoms with Gasteiger partial charge in [-0.2, -0.15) is 0 Å². The van der Waals surface area contributed by atoms with Crippen molar-refractivity contribution in [3.05, 3.63) is 0 Å². The number of Topliss-reactive ketones (excluding diaryl/α,β-unsaturated/α-hetero) is 1. The van der Waals surface area contributed by atoms with Gasteiger partial charge in [-0.3, -0.25) is 4.79 Å². The standard InChI is InChI=1S/C19H30O3/c1-18-9-13(21)8-15(18)14-4-3-11-7-12(20)5-6-19(11,2)17(14)16(22)10-18/h11,13-17,21-22H,3-10H2,1-2H3/t11-,13-,14-,15-,16-,17+,18-,19-/m0/s1. The van der Waals surface area contributed by atoms with Gasteiger partial charge in [-0.05, 0) is 73.0 Å². The average Bonchev–Trinajstić information content (AvgIpc) is 2.73. The van der Waals surface area contributed by atoms with Gasteiger partial charge in [0.25, 0.3) is 0 Å². The van der Waals surface area contributed by atoms with Crippen LogP contribution in [0.5, 0.6) is 0 Å². The molecule has 0 unspecified atom stereocenters. The number of aliphatic hydroxyl groups excluding tert-OH is 2. The first-order valence-corrected chi connectivity index (χ1v) is 9.21. The maximum absolute atomic E-state index is 11.9. The zero-order valence-electron chi connectivity index (χ0n) is 13.9. The molecule has 0 saturated heterocycles. The topological polar surface area (TPSA) is 57.5 Å². The van der Waals surface area contributed by atoms with E-state index in [1.54, 1.807) is 0 Å². The minimum absolute atomic E-state index is 0.119. The highest BCUT2D eigenvalue weighted by atomic mass is 16.3. The summed E-state index contributed by atoms with van der Waals surface area (Å²) in [4.78, 5) is 11.9. The zero-order valence-corrected chi connectivity index (χ0v) is 13.9. The molecule has 0 aromatic heterocycles. The summed E-state index contributed by atoms with van der Waals surface area (Å²) in [5, 5.41) is 21.2. The minimum atomic E-state index is -0.252. The van der Waals surface area contributed by atoms with Crippen LogP contribution in [-0.2, 0) is 4.79 Å². The van der Waals surface area contributed by atoms with Crippen LogP contribution >= 0.6 is 0 Å². The van der Waals surface area contributed by atoms with E-state index in [9.17, 15) is 15.0 Å². The van der Waals surface area contributed by atoms with Crippen LogP contribution in [0, 0.1) is 34.5 Å². The summed E-state index contributed by atoms with van der Waals surface area (Å²) in [6, 6.07) is 0. The van der Waals surface area contributed by atoms with Gasteiger partial charge in [0.2, 0.25) is 0 Å². The second-order valence-electron chi connectivity index (χ2n) is 9.34. The fraction of sp³-hybridized carbons (Fsp3) is 0.947. The SMILES string of the molecule is C[C@@]12C[C@@H](O)C[C@H]1[C@@H]1CC[C@H]3CC(=O)CC[C@]3(C)[C@H]1[C@@H](O)C2. The number of rotatable bonds is 0. The molecule has 0 aromatic carbocycles. The summed E-state index contributed by atoms with van der Waals surface area (Å²) in [5.41, 5.74) is 0.249. The number of carbonyl (C=O) groups excluding carboxylic acids is 1. The molecule has 0 aromatic rings. The predicted octanol–water partition coefficient (Wildman–Crippen LogP) is 2.93. The van der Waals surface area contributed by atoms with Crippen LogP contribution in [0.3, 0.4) is 0 Å². The van der Waals surface area contributed by atoms with Crippen molar-refractivity contribution in [2.24, 2.45) is 34.5 Å². The molecule has 2 N–H and O–H groups in total. The van der Waals surface area contributed by atoms with E-state index in [4.69, 9.17) is 0 Å². The lowest BCUT2D eigenvalue weighted by molar-refractivity contribution is -0.167. The molecule has 3 nitrogen and oxygen atoms in total. The molecule has 0 amide bonds. The summed E-state index contributed by atoms with van der Waals surface area (Å²) in [7, 11) is 0. The number of hydrogen-bond donors (Lipinski definition) is 2. The first kappa shape index (κ1) is 15.1. The summed E-state index contributed by atoms with van der Waals surface area (Å²) in [6.07, 6.45) is 6.86. The second-order valence-corrected chi connectivity index (χ2v) is 9.34. The Hall–Kier alpha value is -0.410. The highest BCUT2D eigenvalue weighted by Gasteiger charge is 2.61. The Morgan fingerprint density at radius 1 is 1.14 bits per heavy atom. The molecule has 4 aliphatic carbocycles. The molecule has 124 valence electrons. The number of hydrogen-bond acceptors (Lipinski definition) is 3. The largest absolute Gasteiger partial charge is 0.393 e. The number of ketones is 1. The van der Waals surface area contributed by atoms with Gasteiger partial charge in [0.15, 0.2) is 0 Å². The van der Waals surface area contributed by atoms with Crippen molar-refractivity contribution >= 4 is 5.78 Å². The van der Waals surface area contributed by atoms with Crippen molar-refractivity contribution < 1.29 is 15.0 Å². The van der Waals surface area contributed by atoms with Gasteiger partial charge < -0.3 is 10.2 Å². The van der Waals surface area contributed by atoms with Crippen molar-refractivity contribution in [3.8, 4) is 0 Å². The van der Waals surface area contributed by atoms with Crippen molar-refractivity contribution in [2.75, 3.05) is 0 Å². The van der Waals surface area contributed by atoms with Crippen LogP contribution in [0.15, 0.2) is 0 Å². The van der Waals surface area contributed by atoms with Crippen molar-refractivity contribution in [1.82, 2.24) is 0 Å². The van der Waals surface area contributed by atoms with E-state index in [-0.39, 0.29) is 23.0 Å². The van der Waals surface area contributed by atoms with Gasteiger partial charge in [0, 0.05) is 12.8 Å². The van der Waals surface area contributed by atoms with Crippen molar-refractivity contribution in [2.45, 2.75) is 77.4 Å². The van der Waals surface area contributed by atoms with Gasteiger partial charge in [-0.25, -0.2) is 0 Å². The van der Waals surface area contributed by atoms with Crippen molar-refractivity contribution in [3.63, 3.8) is 0 Å². The Labute approximate surface area is 133 Å². The minimum Gasteiger partial charge on any atom is -0.393 e. The highest BCUT2D eigenvalue weighted by molar-refractivity contribution is 5.79. The molecular weight excluding hydrogens is 276 g/mol. The molecular formula is C19H30O3. The first-order chi connectivity index (χ1) is 10.3. The van der Waals surface area contributed by atoms with Gasteiger partial charge in [0.05, 0.1) is 12.2 Å². The van der Waals surface area contributed by atoms with E-state index < -0.39 is 0 Å². The van der Waals surface area contributed by atoms with Gasteiger partial charge in [0.1, 0.15) is 5.78 Å². The molecule has 0 spiro atoms. The fourth-order valence-electron chi connectivity index (χ4n) is 7.21. The quantitative estimate of drug-likeness (QED) is 0.723. The number of carbonyl (C=O) groups is 1. The third-order valence-electron chi connectivity index (χ3n) is 8.15. The smallest absolute Gasteiger partial charge is 0.133 e. The molecule has 0 heterocycles. The van der Waals surface area contributed by atoms with Crippen LogP contribution in [0.2, 0.25) is 0 Å². The van der Waals surface area contributed by atoms with Crippen LogP contribution in [-0.4, -0.2) is 28.2 Å². The molecule has 0 aliphatic heterocycles. The van der Waals surface area contributed by atoms with Crippen LogP contribution in [0.1, 0.15) is 65.2 Å². The van der Waals surface area contributed by atoms with E-state index in [1.807, 2.05) is 0 Å². The van der Waals surface area contributed by atoms with Crippen LogP contribution in [0.25, 0.3) is 0 Å². The summed E-state index contributed by atoms with van der Waals surface area (Å²) < 4.78 is 0. The molecule has 4 rings (SSSR count). The number of aliphatic hydroxyl groups is 2. The third kappa shape index (κ3) is 1.97. The normalized spacial score (nSPS) is 57.9. The second kappa shape index (κ2) is 4.80.